The van der Waals surface area contributed by atoms with E-state index in [1.165, 1.54) is 25.7 Å². The van der Waals surface area contributed by atoms with Gasteiger partial charge in [-0.05, 0) is 30.5 Å². The van der Waals surface area contributed by atoms with Crippen LogP contribution in [0.1, 0.15) is 31.2 Å². The number of halogens is 1. The second-order valence-electron chi connectivity index (χ2n) is 3.98. The van der Waals surface area contributed by atoms with Crippen molar-refractivity contribution in [1.29, 1.82) is 0 Å². The van der Waals surface area contributed by atoms with Gasteiger partial charge in [0.1, 0.15) is 0 Å². The summed E-state index contributed by atoms with van der Waals surface area (Å²) in [6, 6.07) is 7.82. The highest BCUT2D eigenvalue weighted by Gasteiger charge is 2.15. The zero-order valence-electron chi connectivity index (χ0n) is 8.71. The van der Waals surface area contributed by atoms with Crippen LogP contribution in [0.3, 0.4) is 0 Å². The van der Waals surface area contributed by atoms with Crippen LogP contribution < -0.4 is 5.48 Å². The number of hydrogen-bond acceptors (Lipinski definition) is 2. The van der Waals surface area contributed by atoms with E-state index in [1.54, 1.807) is 0 Å². The lowest BCUT2D eigenvalue weighted by molar-refractivity contribution is -0.0244. The van der Waals surface area contributed by atoms with E-state index in [2.05, 4.69) is 5.48 Å². The number of nitrogens with one attached hydrogen (secondary N) is 1. The van der Waals surface area contributed by atoms with Gasteiger partial charge in [-0.15, -0.1) is 0 Å². The predicted molar refractivity (Wildman–Crippen MR) is 61.6 cm³/mol. The first-order valence-corrected chi connectivity index (χ1v) is 5.85. The van der Waals surface area contributed by atoms with Crippen LogP contribution in [0.5, 0.6) is 0 Å². The molecule has 0 saturated heterocycles. The molecule has 1 fully saturated rings. The van der Waals surface area contributed by atoms with Gasteiger partial charge in [0, 0.05) is 11.6 Å². The molecule has 0 heterocycles. The van der Waals surface area contributed by atoms with E-state index in [9.17, 15) is 0 Å². The molecule has 1 saturated carbocycles. The molecule has 1 N–H and O–H groups in total. The van der Waals surface area contributed by atoms with Crippen LogP contribution in [0, 0.1) is 0 Å². The highest BCUT2D eigenvalue weighted by Crippen LogP contribution is 2.20. The summed E-state index contributed by atoms with van der Waals surface area (Å²) in [4.78, 5) is 5.55. The predicted octanol–water partition coefficient (Wildman–Crippen LogP) is 3.30. The Morgan fingerprint density at radius 1 is 1.33 bits per heavy atom. The fourth-order valence-electron chi connectivity index (χ4n) is 1.90. The molecule has 1 aliphatic rings. The highest BCUT2D eigenvalue weighted by atomic mass is 35.5. The summed E-state index contributed by atoms with van der Waals surface area (Å²) in [7, 11) is 0. The van der Waals surface area contributed by atoms with Gasteiger partial charge in [-0.1, -0.05) is 36.6 Å². The normalized spacial score (nSPS) is 17.1. The van der Waals surface area contributed by atoms with E-state index in [1.807, 2.05) is 24.3 Å². The van der Waals surface area contributed by atoms with Crippen LogP contribution in [-0.2, 0) is 11.4 Å². The van der Waals surface area contributed by atoms with E-state index in [-0.39, 0.29) is 0 Å². The second kappa shape index (κ2) is 5.50. The van der Waals surface area contributed by atoms with Crippen LogP contribution in [0.2, 0.25) is 5.02 Å². The molecule has 2 rings (SSSR count). The van der Waals surface area contributed by atoms with Crippen molar-refractivity contribution in [2.75, 3.05) is 0 Å². The number of benzene rings is 1. The summed E-state index contributed by atoms with van der Waals surface area (Å²) in [5.74, 6) is 0. The van der Waals surface area contributed by atoms with E-state index in [0.717, 1.165) is 17.1 Å². The van der Waals surface area contributed by atoms with Gasteiger partial charge in [0.25, 0.3) is 0 Å². The zero-order chi connectivity index (χ0) is 10.5. The molecule has 0 bridgehead atoms. The average Bonchev–Trinajstić information content (AvgIpc) is 2.71. The van der Waals surface area contributed by atoms with E-state index < -0.39 is 0 Å². The molecule has 82 valence electrons. The van der Waals surface area contributed by atoms with Gasteiger partial charge in [0.2, 0.25) is 0 Å². The van der Waals surface area contributed by atoms with Gasteiger partial charge in [0.15, 0.2) is 0 Å². The lowest BCUT2D eigenvalue weighted by atomic mass is 10.2. The number of hydroxylamine groups is 1. The second-order valence-corrected chi connectivity index (χ2v) is 4.41. The minimum atomic E-state index is 0.407. The lowest BCUT2D eigenvalue weighted by Crippen LogP contribution is -2.21. The molecule has 0 radical (unpaired) electrons. The molecule has 1 aromatic rings. The van der Waals surface area contributed by atoms with Crippen molar-refractivity contribution in [3.8, 4) is 0 Å². The first-order chi connectivity index (χ1) is 7.34. The van der Waals surface area contributed by atoms with Crippen molar-refractivity contribution < 1.29 is 4.84 Å². The topological polar surface area (TPSA) is 21.3 Å². The zero-order valence-corrected chi connectivity index (χ0v) is 9.46. The van der Waals surface area contributed by atoms with Gasteiger partial charge in [-0.2, -0.15) is 5.48 Å². The third kappa shape index (κ3) is 3.49. The SMILES string of the molecule is Clc1cccc(CNOC2CCCC2)c1. The van der Waals surface area contributed by atoms with Crippen molar-refractivity contribution in [3.63, 3.8) is 0 Å². The summed E-state index contributed by atoms with van der Waals surface area (Å²) in [6.45, 7) is 0.719. The Hall–Kier alpha value is -0.570. The quantitative estimate of drug-likeness (QED) is 0.794. The molecule has 15 heavy (non-hydrogen) atoms. The Morgan fingerprint density at radius 3 is 2.87 bits per heavy atom. The van der Waals surface area contributed by atoms with Crippen molar-refractivity contribution in [1.82, 2.24) is 5.48 Å². The maximum absolute atomic E-state index is 5.88. The maximum Gasteiger partial charge on any atom is 0.0790 e. The third-order valence-electron chi connectivity index (χ3n) is 2.72. The Balaban J connectivity index is 1.73. The summed E-state index contributed by atoms with van der Waals surface area (Å²) < 4.78 is 0. The highest BCUT2D eigenvalue weighted by molar-refractivity contribution is 6.30. The molecule has 0 atom stereocenters. The van der Waals surface area contributed by atoms with Crippen LogP contribution in [0.15, 0.2) is 24.3 Å². The molecular weight excluding hydrogens is 210 g/mol. The van der Waals surface area contributed by atoms with Crippen molar-refractivity contribution in [2.24, 2.45) is 0 Å². The van der Waals surface area contributed by atoms with Gasteiger partial charge in [-0.25, -0.2) is 0 Å². The molecule has 1 aromatic carbocycles. The molecule has 0 unspecified atom stereocenters. The molecular formula is C12H16ClNO. The Bertz CT molecular complexity index is 310. The van der Waals surface area contributed by atoms with Crippen LogP contribution >= 0.6 is 11.6 Å². The minimum Gasteiger partial charge on any atom is -0.298 e. The van der Waals surface area contributed by atoms with E-state index in [0.29, 0.717) is 6.10 Å². The standard InChI is InChI=1S/C12H16ClNO/c13-11-5-3-4-10(8-11)9-14-15-12-6-1-2-7-12/h3-5,8,12,14H,1-2,6-7,9H2. The fraction of sp³-hybridized carbons (Fsp3) is 0.500. The van der Waals surface area contributed by atoms with Crippen LogP contribution in [-0.4, -0.2) is 6.10 Å². The summed E-state index contributed by atoms with van der Waals surface area (Å²) in [6.07, 6.45) is 5.36. The van der Waals surface area contributed by atoms with Gasteiger partial charge in [0.05, 0.1) is 6.10 Å². The van der Waals surface area contributed by atoms with Gasteiger partial charge in [-0.3, -0.25) is 4.84 Å². The maximum atomic E-state index is 5.88. The summed E-state index contributed by atoms with van der Waals surface area (Å²) in [5.41, 5.74) is 4.17. The Morgan fingerprint density at radius 2 is 2.13 bits per heavy atom. The van der Waals surface area contributed by atoms with Gasteiger partial charge < -0.3 is 0 Å². The van der Waals surface area contributed by atoms with Crippen molar-refractivity contribution in [2.45, 2.75) is 38.3 Å². The summed E-state index contributed by atoms with van der Waals surface area (Å²) >= 11 is 5.88. The van der Waals surface area contributed by atoms with E-state index >= 15 is 0 Å². The lowest BCUT2D eigenvalue weighted by Gasteiger charge is -2.11. The Kier molecular flexibility index (Phi) is 4.01. The third-order valence-corrected chi connectivity index (χ3v) is 2.95. The molecule has 3 heteroatoms. The fourth-order valence-corrected chi connectivity index (χ4v) is 2.11. The van der Waals surface area contributed by atoms with Gasteiger partial charge >= 0.3 is 0 Å². The van der Waals surface area contributed by atoms with Crippen LogP contribution in [0.25, 0.3) is 0 Å². The van der Waals surface area contributed by atoms with Crippen molar-refractivity contribution in [3.05, 3.63) is 34.9 Å². The molecule has 0 aromatic heterocycles. The molecule has 0 amide bonds. The molecule has 0 aliphatic heterocycles. The van der Waals surface area contributed by atoms with Crippen molar-refractivity contribution >= 4 is 11.6 Å². The first-order valence-electron chi connectivity index (χ1n) is 5.47. The average molecular weight is 226 g/mol. The number of hydrogen-bond donors (Lipinski definition) is 1. The Labute approximate surface area is 95.5 Å². The molecule has 1 aliphatic carbocycles. The monoisotopic (exact) mass is 225 g/mol. The number of rotatable bonds is 4. The first kappa shape index (κ1) is 10.9. The minimum absolute atomic E-state index is 0.407. The largest absolute Gasteiger partial charge is 0.298 e. The molecule has 0 spiro atoms. The summed E-state index contributed by atoms with van der Waals surface area (Å²) in [5, 5.41) is 0.773. The smallest absolute Gasteiger partial charge is 0.0790 e. The molecule has 2 nitrogen and oxygen atoms in total. The van der Waals surface area contributed by atoms with E-state index in [4.69, 9.17) is 16.4 Å². The van der Waals surface area contributed by atoms with Crippen LogP contribution in [0.4, 0.5) is 0 Å².